The van der Waals surface area contributed by atoms with Gasteiger partial charge in [-0.25, -0.2) is 0 Å². The SMILES string of the molecule is CCCN(CCC)C(=O)CCc1cc(OC)c(OC)cc1N. The zero-order valence-corrected chi connectivity index (χ0v) is 14.1. The maximum atomic E-state index is 12.3. The van der Waals surface area contributed by atoms with E-state index >= 15 is 0 Å². The summed E-state index contributed by atoms with van der Waals surface area (Å²) in [6, 6.07) is 3.60. The Morgan fingerprint density at radius 2 is 1.64 bits per heavy atom. The third-order valence-electron chi connectivity index (χ3n) is 3.59. The van der Waals surface area contributed by atoms with Crippen LogP contribution in [0.3, 0.4) is 0 Å². The van der Waals surface area contributed by atoms with Crippen LogP contribution in [0.15, 0.2) is 12.1 Å². The average molecular weight is 308 g/mol. The highest BCUT2D eigenvalue weighted by molar-refractivity contribution is 5.76. The number of ether oxygens (including phenoxy) is 2. The van der Waals surface area contributed by atoms with Crippen molar-refractivity contribution in [3.8, 4) is 11.5 Å². The molecule has 0 spiro atoms. The first-order chi connectivity index (χ1) is 10.6. The molecule has 0 aliphatic heterocycles. The van der Waals surface area contributed by atoms with E-state index < -0.39 is 0 Å². The van der Waals surface area contributed by atoms with Crippen LogP contribution < -0.4 is 15.2 Å². The molecular formula is C17H28N2O3. The molecule has 0 aromatic heterocycles. The van der Waals surface area contributed by atoms with Gasteiger partial charge in [0.15, 0.2) is 11.5 Å². The van der Waals surface area contributed by atoms with Crippen molar-refractivity contribution in [2.45, 2.75) is 39.5 Å². The minimum Gasteiger partial charge on any atom is -0.493 e. The van der Waals surface area contributed by atoms with Gasteiger partial charge in [0.1, 0.15) is 0 Å². The molecule has 0 radical (unpaired) electrons. The van der Waals surface area contributed by atoms with E-state index in [0.29, 0.717) is 30.0 Å². The van der Waals surface area contributed by atoms with Crippen LogP contribution in [0.2, 0.25) is 0 Å². The van der Waals surface area contributed by atoms with Crippen LogP contribution in [-0.4, -0.2) is 38.1 Å². The Labute approximate surface area is 133 Å². The molecule has 124 valence electrons. The zero-order valence-electron chi connectivity index (χ0n) is 14.1. The molecule has 0 heterocycles. The first-order valence-corrected chi connectivity index (χ1v) is 7.85. The first kappa shape index (κ1) is 18.1. The maximum absolute atomic E-state index is 12.3. The number of methoxy groups -OCH3 is 2. The molecule has 0 saturated carbocycles. The largest absolute Gasteiger partial charge is 0.493 e. The Bertz CT molecular complexity index is 483. The number of carbonyl (C=O) groups excluding carboxylic acids is 1. The van der Waals surface area contributed by atoms with Crippen LogP contribution in [0.1, 0.15) is 38.7 Å². The molecule has 1 rings (SSSR count). The molecule has 0 aliphatic rings. The van der Waals surface area contributed by atoms with Gasteiger partial charge in [0.25, 0.3) is 0 Å². The third-order valence-corrected chi connectivity index (χ3v) is 3.59. The molecule has 22 heavy (non-hydrogen) atoms. The lowest BCUT2D eigenvalue weighted by Gasteiger charge is -2.21. The van der Waals surface area contributed by atoms with E-state index in [1.165, 1.54) is 0 Å². The van der Waals surface area contributed by atoms with Crippen molar-refractivity contribution in [1.29, 1.82) is 0 Å². The molecule has 1 aromatic rings. The van der Waals surface area contributed by atoms with Gasteiger partial charge in [-0.1, -0.05) is 13.8 Å². The number of amides is 1. The summed E-state index contributed by atoms with van der Waals surface area (Å²) in [4.78, 5) is 14.2. The summed E-state index contributed by atoms with van der Waals surface area (Å²) in [7, 11) is 3.17. The number of nitrogens with two attached hydrogens (primary N) is 1. The monoisotopic (exact) mass is 308 g/mol. The topological polar surface area (TPSA) is 64.8 Å². The fourth-order valence-corrected chi connectivity index (χ4v) is 2.45. The summed E-state index contributed by atoms with van der Waals surface area (Å²) in [5.41, 5.74) is 7.58. The lowest BCUT2D eigenvalue weighted by atomic mass is 10.1. The van der Waals surface area contributed by atoms with Gasteiger partial charge in [0, 0.05) is 31.3 Å². The number of benzene rings is 1. The Morgan fingerprint density at radius 3 is 2.14 bits per heavy atom. The van der Waals surface area contributed by atoms with E-state index in [-0.39, 0.29) is 5.91 Å². The van der Waals surface area contributed by atoms with Crippen LogP contribution in [-0.2, 0) is 11.2 Å². The number of hydrogen-bond acceptors (Lipinski definition) is 4. The highest BCUT2D eigenvalue weighted by Gasteiger charge is 2.14. The minimum absolute atomic E-state index is 0.179. The second-order valence-electron chi connectivity index (χ2n) is 5.29. The second kappa shape index (κ2) is 9.18. The maximum Gasteiger partial charge on any atom is 0.222 e. The summed E-state index contributed by atoms with van der Waals surface area (Å²) < 4.78 is 10.5. The predicted molar refractivity (Wildman–Crippen MR) is 89.4 cm³/mol. The van der Waals surface area contributed by atoms with E-state index in [9.17, 15) is 4.79 Å². The van der Waals surface area contributed by atoms with E-state index in [1.807, 2.05) is 11.0 Å². The molecule has 5 heteroatoms. The van der Waals surface area contributed by atoms with E-state index in [4.69, 9.17) is 15.2 Å². The second-order valence-corrected chi connectivity index (χ2v) is 5.29. The summed E-state index contributed by atoms with van der Waals surface area (Å²) >= 11 is 0. The molecule has 2 N–H and O–H groups in total. The fourth-order valence-electron chi connectivity index (χ4n) is 2.45. The molecule has 1 aromatic carbocycles. The molecule has 5 nitrogen and oxygen atoms in total. The Balaban J connectivity index is 2.76. The zero-order chi connectivity index (χ0) is 16.5. The summed E-state index contributed by atoms with van der Waals surface area (Å²) in [6.07, 6.45) is 3.02. The fraction of sp³-hybridized carbons (Fsp3) is 0.588. The highest BCUT2D eigenvalue weighted by atomic mass is 16.5. The van der Waals surface area contributed by atoms with Gasteiger partial charge in [0.2, 0.25) is 5.91 Å². The first-order valence-electron chi connectivity index (χ1n) is 7.85. The number of rotatable bonds is 9. The molecular weight excluding hydrogens is 280 g/mol. The van der Waals surface area contributed by atoms with E-state index in [0.717, 1.165) is 31.5 Å². The Kier molecular flexibility index (Phi) is 7.57. The lowest BCUT2D eigenvalue weighted by molar-refractivity contribution is -0.131. The van der Waals surface area contributed by atoms with Gasteiger partial charge >= 0.3 is 0 Å². The number of nitrogen functional groups attached to an aromatic ring is 1. The van der Waals surface area contributed by atoms with Gasteiger partial charge in [-0.05, 0) is 30.9 Å². The number of nitrogens with zero attached hydrogens (tertiary/aromatic N) is 1. The van der Waals surface area contributed by atoms with Gasteiger partial charge in [-0.2, -0.15) is 0 Å². The molecule has 0 atom stereocenters. The molecule has 0 unspecified atom stereocenters. The molecule has 0 bridgehead atoms. The van der Waals surface area contributed by atoms with Crippen molar-refractivity contribution in [2.75, 3.05) is 33.0 Å². The Hall–Kier alpha value is -1.91. The summed E-state index contributed by atoms with van der Waals surface area (Å²) in [5, 5.41) is 0. The van der Waals surface area contributed by atoms with Gasteiger partial charge in [-0.15, -0.1) is 0 Å². The van der Waals surface area contributed by atoms with Gasteiger partial charge < -0.3 is 20.1 Å². The van der Waals surface area contributed by atoms with Crippen molar-refractivity contribution < 1.29 is 14.3 Å². The molecule has 1 amide bonds. The van der Waals surface area contributed by atoms with Crippen molar-refractivity contribution in [1.82, 2.24) is 4.90 Å². The number of hydrogen-bond donors (Lipinski definition) is 1. The molecule has 0 aliphatic carbocycles. The van der Waals surface area contributed by atoms with E-state index in [2.05, 4.69) is 13.8 Å². The number of anilines is 1. The predicted octanol–water partition coefficient (Wildman–Crippen LogP) is 2.87. The lowest BCUT2D eigenvalue weighted by Crippen LogP contribution is -2.32. The van der Waals surface area contributed by atoms with E-state index in [1.54, 1.807) is 20.3 Å². The minimum atomic E-state index is 0.179. The highest BCUT2D eigenvalue weighted by Crippen LogP contribution is 2.32. The van der Waals surface area contributed by atoms with Crippen LogP contribution in [0, 0.1) is 0 Å². The van der Waals surface area contributed by atoms with Crippen LogP contribution in [0.25, 0.3) is 0 Å². The summed E-state index contributed by atoms with van der Waals surface area (Å²) in [5.74, 6) is 1.42. The number of aryl methyl sites for hydroxylation is 1. The summed E-state index contributed by atoms with van der Waals surface area (Å²) in [6.45, 7) is 5.80. The van der Waals surface area contributed by atoms with Crippen molar-refractivity contribution >= 4 is 11.6 Å². The molecule has 0 saturated heterocycles. The number of carbonyl (C=O) groups is 1. The van der Waals surface area contributed by atoms with Crippen molar-refractivity contribution in [3.05, 3.63) is 17.7 Å². The van der Waals surface area contributed by atoms with Crippen LogP contribution in [0.4, 0.5) is 5.69 Å². The third kappa shape index (κ3) is 4.83. The van der Waals surface area contributed by atoms with Crippen molar-refractivity contribution in [3.63, 3.8) is 0 Å². The van der Waals surface area contributed by atoms with Gasteiger partial charge in [0.05, 0.1) is 14.2 Å². The van der Waals surface area contributed by atoms with Crippen LogP contribution >= 0.6 is 0 Å². The normalized spacial score (nSPS) is 10.4. The quantitative estimate of drug-likeness (QED) is 0.712. The smallest absolute Gasteiger partial charge is 0.222 e. The van der Waals surface area contributed by atoms with Crippen molar-refractivity contribution in [2.24, 2.45) is 0 Å². The standard InChI is InChI=1S/C17H28N2O3/c1-5-9-19(10-6-2)17(20)8-7-13-11-15(21-3)16(22-4)12-14(13)18/h11-12H,5-10,18H2,1-4H3. The Morgan fingerprint density at radius 1 is 1.09 bits per heavy atom. The molecule has 0 fully saturated rings. The average Bonchev–Trinajstić information content (AvgIpc) is 2.52. The van der Waals surface area contributed by atoms with Gasteiger partial charge in [-0.3, -0.25) is 4.79 Å². The van der Waals surface area contributed by atoms with Crippen LogP contribution in [0.5, 0.6) is 11.5 Å².